The van der Waals surface area contributed by atoms with Gasteiger partial charge in [0, 0.05) is 11.7 Å². The predicted molar refractivity (Wildman–Crippen MR) is 110 cm³/mol. The summed E-state index contributed by atoms with van der Waals surface area (Å²) in [6, 6.07) is 7.92. The third-order valence-electron chi connectivity index (χ3n) is 4.84. The molecule has 0 spiro atoms. The normalized spacial score (nSPS) is 12.1. The van der Waals surface area contributed by atoms with E-state index in [0.29, 0.717) is 17.9 Å². The van der Waals surface area contributed by atoms with Crippen molar-refractivity contribution >= 4 is 5.91 Å². The summed E-state index contributed by atoms with van der Waals surface area (Å²) in [4.78, 5) is 12.8. The summed E-state index contributed by atoms with van der Waals surface area (Å²) in [5, 5.41) is 11.4. The Kier molecular flexibility index (Phi) is 6.06. The Bertz CT molecular complexity index is 1020. The molecule has 2 heterocycles. The lowest BCUT2D eigenvalue weighted by Gasteiger charge is -2.15. The largest absolute Gasteiger partial charge is 0.488 e. The molecule has 3 rings (SSSR count). The molecular formula is C22H28N4O3. The van der Waals surface area contributed by atoms with Crippen LogP contribution in [0.1, 0.15) is 51.3 Å². The molecule has 1 aromatic carbocycles. The number of aromatic nitrogens is 3. The molecule has 0 aliphatic rings. The molecule has 1 unspecified atom stereocenters. The highest BCUT2D eigenvalue weighted by Gasteiger charge is 2.22. The van der Waals surface area contributed by atoms with Crippen molar-refractivity contribution in [1.82, 2.24) is 20.3 Å². The number of nitrogens with one attached hydrogen (secondary N) is 1. The predicted octanol–water partition coefficient (Wildman–Crippen LogP) is 3.81. The van der Waals surface area contributed by atoms with Crippen molar-refractivity contribution in [3.8, 4) is 5.75 Å². The molecule has 0 aliphatic heterocycles. The Labute approximate surface area is 171 Å². The van der Waals surface area contributed by atoms with E-state index in [0.717, 1.165) is 28.3 Å². The van der Waals surface area contributed by atoms with E-state index in [1.807, 2.05) is 63.6 Å². The number of nitrogens with zero attached hydrogens (tertiary/aromatic N) is 3. The minimum absolute atomic E-state index is 0.120. The summed E-state index contributed by atoms with van der Waals surface area (Å²) in [5.41, 5.74) is 5.08. The molecule has 0 aliphatic carbocycles. The van der Waals surface area contributed by atoms with Crippen LogP contribution >= 0.6 is 0 Å². The quantitative estimate of drug-likeness (QED) is 0.657. The van der Waals surface area contributed by atoms with Gasteiger partial charge in [-0.1, -0.05) is 17.3 Å². The van der Waals surface area contributed by atoms with Crippen LogP contribution in [0.15, 0.2) is 28.8 Å². The summed E-state index contributed by atoms with van der Waals surface area (Å²) in [7, 11) is 0. The van der Waals surface area contributed by atoms with Gasteiger partial charge in [-0.15, -0.1) is 0 Å². The summed E-state index contributed by atoms with van der Waals surface area (Å²) < 4.78 is 13.1. The fourth-order valence-corrected chi connectivity index (χ4v) is 3.21. The molecule has 0 fully saturated rings. The Balaban J connectivity index is 1.68. The van der Waals surface area contributed by atoms with Crippen molar-refractivity contribution in [2.45, 2.75) is 60.7 Å². The molecule has 154 valence electrons. The first-order valence-electron chi connectivity index (χ1n) is 9.71. The van der Waals surface area contributed by atoms with E-state index in [-0.39, 0.29) is 24.2 Å². The molecule has 1 atom stereocenters. The highest BCUT2D eigenvalue weighted by Crippen LogP contribution is 2.22. The smallest absolute Gasteiger partial charge is 0.274 e. The van der Waals surface area contributed by atoms with E-state index in [1.54, 1.807) is 6.92 Å². The van der Waals surface area contributed by atoms with Crippen molar-refractivity contribution in [3.63, 3.8) is 0 Å². The first kappa shape index (κ1) is 20.6. The minimum Gasteiger partial charge on any atom is -0.488 e. The van der Waals surface area contributed by atoms with Gasteiger partial charge in [-0.2, -0.15) is 5.10 Å². The summed E-state index contributed by atoms with van der Waals surface area (Å²) in [5.74, 6) is 1.08. The molecule has 29 heavy (non-hydrogen) atoms. The molecular weight excluding hydrogens is 368 g/mol. The fraction of sp³-hybridized carbons (Fsp3) is 0.409. The Morgan fingerprint density at radius 1 is 1.21 bits per heavy atom. The van der Waals surface area contributed by atoms with Crippen LogP contribution in [0.25, 0.3) is 0 Å². The Morgan fingerprint density at radius 2 is 1.97 bits per heavy atom. The minimum atomic E-state index is -0.282. The fourth-order valence-electron chi connectivity index (χ4n) is 3.21. The highest BCUT2D eigenvalue weighted by molar-refractivity contribution is 5.93. The number of hydrogen-bond donors (Lipinski definition) is 1. The van der Waals surface area contributed by atoms with Gasteiger partial charge >= 0.3 is 0 Å². The van der Waals surface area contributed by atoms with Crippen LogP contribution in [-0.2, 0) is 13.2 Å². The number of hydrogen-bond acceptors (Lipinski definition) is 5. The molecule has 2 aromatic heterocycles. The van der Waals surface area contributed by atoms with Gasteiger partial charge in [-0.3, -0.25) is 9.48 Å². The standard InChI is InChI=1S/C22H28N4O3/c1-13-7-8-14(2)20(9-13)28-12-19-18(6)29-25-21(19)22(27)23-16(4)11-26-17(5)10-15(3)24-26/h7-10,16H,11-12H2,1-6H3,(H,23,27). The average molecular weight is 396 g/mol. The van der Waals surface area contributed by atoms with Crippen molar-refractivity contribution < 1.29 is 14.1 Å². The number of carbonyl (C=O) groups is 1. The first-order chi connectivity index (χ1) is 13.7. The molecule has 0 saturated heterocycles. The van der Waals surface area contributed by atoms with Gasteiger partial charge < -0.3 is 14.6 Å². The number of amides is 1. The van der Waals surface area contributed by atoms with Gasteiger partial charge in [-0.05, 0) is 64.8 Å². The van der Waals surface area contributed by atoms with Crippen LogP contribution in [0.2, 0.25) is 0 Å². The molecule has 3 aromatic rings. The number of ether oxygens (including phenoxy) is 1. The number of aryl methyl sites for hydroxylation is 5. The van der Waals surface area contributed by atoms with Crippen LogP contribution in [0.5, 0.6) is 5.75 Å². The maximum absolute atomic E-state index is 12.8. The van der Waals surface area contributed by atoms with E-state index in [1.165, 1.54) is 0 Å². The van der Waals surface area contributed by atoms with Gasteiger partial charge in [0.1, 0.15) is 18.1 Å². The second-order valence-corrected chi connectivity index (χ2v) is 7.61. The average Bonchev–Trinajstić information content (AvgIpc) is 3.17. The molecule has 7 nitrogen and oxygen atoms in total. The zero-order valence-electron chi connectivity index (χ0n) is 17.9. The molecule has 1 amide bonds. The van der Waals surface area contributed by atoms with Crippen LogP contribution in [0, 0.1) is 34.6 Å². The van der Waals surface area contributed by atoms with Gasteiger partial charge in [0.25, 0.3) is 5.91 Å². The maximum atomic E-state index is 12.8. The molecule has 0 bridgehead atoms. The molecule has 7 heteroatoms. The number of carbonyl (C=O) groups excluding carboxylic acids is 1. The zero-order valence-corrected chi connectivity index (χ0v) is 17.9. The van der Waals surface area contributed by atoms with Gasteiger partial charge in [-0.25, -0.2) is 0 Å². The topological polar surface area (TPSA) is 82.2 Å². The third-order valence-corrected chi connectivity index (χ3v) is 4.84. The number of rotatable bonds is 7. The van der Waals surface area contributed by atoms with Crippen LogP contribution in [0.4, 0.5) is 0 Å². The summed E-state index contributed by atoms with van der Waals surface area (Å²) >= 11 is 0. The lowest BCUT2D eigenvalue weighted by molar-refractivity contribution is 0.0924. The summed E-state index contributed by atoms with van der Waals surface area (Å²) in [6.07, 6.45) is 0. The van der Waals surface area contributed by atoms with Gasteiger partial charge in [0.2, 0.25) is 0 Å². The van der Waals surface area contributed by atoms with Gasteiger partial charge in [0.05, 0.1) is 17.8 Å². The molecule has 0 radical (unpaired) electrons. The second-order valence-electron chi connectivity index (χ2n) is 7.61. The van der Waals surface area contributed by atoms with Crippen LogP contribution in [0.3, 0.4) is 0 Å². The molecule has 1 N–H and O–H groups in total. The first-order valence-corrected chi connectivity index (χ1v) is 9.71. The lowest BCUT2D eigenvalue weighted by Crippen LogP contribution is -2.36. The Hall–Kier alpha value is -3.09. The van der Waals surface area contributed by atoms with Crippen LogP contribution in [-0.4, -0.2) is 26.9 Å². The monoisotopic (exact) mass is 396 g/mol. The number of benzene rings is 1. The lowest BCUT2D eigenvalue weighted by atomic mass is 10.1. The highest BCUT2D eigenvalue weighted by atomic mass is 16.5. The van der Waals surface area contributed by atoms with E-state index in [2.05, 4.69) is 15.6 Å². The van der Waals surface area contributed by atoms with Crippen molar-refractivity contribution in [2.24, 2.45) is 0 Å². The maximum Gasteiger partial charge on any atom is 0.274 e. The van der Waals surface area contributed by atoms with Gasteiger partial charge in [0.15, 0.2) is 5.69 Å². The summed E-state index contributed by atoms with van der Waals surface area (Å²) in [6.45, 7) is 12.5. The Morgan fingerprint density at radius 3 is 2.66 bits per heavy atom. The van der Waals surface area contributed by atoms with Crippen molar-refractivity contribution in [1.29, 1.82) is 0 Å². The van der Waals surface area contributed by atoms with Crippen molar-refractivity contribution in [2.75, 3.05) is 0 Å². The van der Waals surface area contributed by atoms with E-state index < -0.39 is 0 Å². The third kappa shape index (κ3) is 4.85. The van der Waals surface area contributed by atoms with E-state index >= 15 is 0 Å². The second kappa shape index (κ2) is 8.51. The van der Waals surface area contributed by atoms with Crippen molar-refractivity contribution in [3.05, 3.63) is 63.8 Å². The zero-order chi connectivity index (χ0) is 21.1. The molecule has 0 saturated carbocycles. The van der Waals surface area contributed by atoms with E-state index in [9.17, 15) is 4.79 Å². The van der Waals surface area contributed by atoms with Crippen LogP contribution < -0.4 is 10.1 Å². The van der Waals surface area contributed by atoms with E-state index in [4.69, 9.17) is 9.26 Å². The SMILES string of the molecule is Cc1ccc(C)c(OCc2c(C(=O)NC(C)Cn3nc(C)cc3C)noc2C)c1.